The highest BCUT2D eigenvalue weighted by atomic mass is 16.5. The number of nitrogens with zero attached hydrogens (tertiary/aromatic N) is 1. The minimum Gasteiger partial charge on any atom is -0.490 e. The van der Waals surface area contributed by atoms with Gasteiger partial charge in [0.1, 0.15) is 0 Å². The Hall–Kier alpha value is -1.79. The standard InChI is InChI=1S/C16H23NO5/c1-4-21-13-9-11(10-19)8-12-14(13)22-16(2,3)15(20)17(12)6-5-7-18/h8-9,18-19H,4-7,10H2,1-3H3. The van der Waals surface area contributed by atoms with Gasteiger partial charge in [0.25, 0.3) is 5.91 Å². The average Bonchev–Trinajstić information content (AvgIpc) is 2.48. The molecule has 0 unspecified atom stereocenters. The largest absolute Gasteiger partial charge is 0.490 e. The van der Waals surface area contributed by atoms with Crippen LogP contribution < -0.4 is 14.4 Å². The number of aliphatic hydroxyl groups is 2. The van der Waals surface area contributed by atoms with Crippen molar-refractivity contribution in [3.05, 3.63) is 17.7 Å². The number of rotatable bonds is 6. The number of carbonyl (C=O) groups excluding carboxylic acids is 1. The Labute approximate surface area is 130 Å². The van der Waals surface area contributed by atoms with Crippen LogP contribution in [0, 0.1) is 0 Å². The molecule has 1 aromatic carbocycles. The second-order valence-corrected chi connectivity index (χ2v) is 5.68. The molecular formula is C16H23NO5. The van der Waals surface area contributed by atoms with E-state index < -0.39 is 5.60 Å². The first kappa shape index (κ1) is 16.6. The SMILES string of the molecule is CCOc1cc(CO)cc2c1OC(C)(C)C(=O)N2CCCO. The average molecular weight is 309 g/mol. The lowest BCUT2D eigenvalue weighted by Crippen LogP contribution is -2.53. The molecule has 122 valence electrons. The highest BCUT2D eigenvalue weighted by molar-refractivity contribution is 6.03. The van der Waals surface area contributed by atoms with Gasteiger partial charge in [-0.25, -0.2) is 0 Å². The predicted molar refractivity (Wildman–Crippen MR) is 82.3 cm³/mol. The Bertz CT molecular complexity index is 556. The molecule has 0 spiro atoms. The van der Waals surface area contributed by atoms with Crippen LogP contribution in [0.3, 0.4) is 0 Å². The van der Waals surface area contributed by atoms with E-state index in [2.05, 4.69) is 0 Å². The molecule has 22 heavy (non-hydrogen) atoms. The number of hydrogen-bond donors (Lipinski definition) is 2. The molecule has 0 saturated heterocycles. The molecule has 0 radical (unpaired) electrons. The van der Waals surface area contributed by atoms with Crippen molar-refractivity contribution >= 4 is 11.6 Å². The summed E-state index contributed by atoms with van der Waals surface area (Å²) in [7, 11) is 0. The first-order valence-electron chi connectivity index (χ1n) is 7.47. The van der Waals surface area contributed by atoms with Gasteiger partial charge < -0.3 is 24.6 Å². The van der Waals surface area contributed by atoms with Crippen LogP contribution in [-0.2, 0) is 11.4 Å². The fraction of sp³-hybridized carbons (Fsp3) is 0.562. The Morgan fingerprint density at radius 1 is 1.32 bits per heavy atom. The van der Waals surface area contributed by atoms with Gasteiger partial charge in [-0.1, -0.05) is 0 Å². The van der Waals surface area contributed by atoms with Gasteiger partial charge in [0.15, 0.2) is 17.1 Å². The number of aliphatic hydroxyl groups excluding tert-OH is 2. The van der Waals surface area contributed by atoms with Crippen LogP contribution in [-0.4, -0.2) is 41.5 Å². The summed E-state index contributed by atoms with van der Waals surface area (Å²) < 4.78 is 11.5. The third-order valence-corrected chi connectivity index (χ3v) is 3.53. The zero-order valence-electron chi connectivity index (χ0n) is 13.3. The second kappa shape index (κ2) is 6.54. The number of benzene rings is 1. The van der Waals surface area contributed by atoms with Crippen LogP contribution >= 0.6 is 0 Å². The van der Waals surface area contributed by atoms with E-state index in [9.17, 15) is 9.90 Å². The molecule has 0 atom stereocenters. The molecule has 6 nitrogen and oxygen atoms in total. The highest BCUT2D eigenvalue weighted by Crippen LogP contribution is 2.45. The van der Waals surface area contributed by atoms with Crippen molar-refractivity contribution in [1.82, 2.24) is 0 Å². The quantitative estimate of drug-likeness (QED) is 0.832. The van der Waals surface area contributed by atoms with E-state index in [1.807, 2.05) is 6.92 Å². The van der Waals surface area contributed by atoms with Gasteiger partial charge in [-0.2, -0.15) is 0 Å². The molecule has 0 bridgehead atoms. The molecule has 1 heterocycles. The van der Waals surface area contributed by atoms with E-state index in [1.54, 1.807) is 30.9 Å². The number of ether oxygens (including phenoxy) is 2. The second-order valence-electron chi connectivity index (χ2n) is 5.68. The fourth-order valence-corrected chi connectivity index (χ4v) is 2.48. The third-order valence-electron chi connectivity index (χ3n) is 3.53. The van der Waals surface area contributed by atoms with Crippen LogP contribution in [0.15, 0.2) is 12.1 Å². The van der Waals surface area contributed by atoms with Crippen LogP contribution in [0.25, 0.3) is 0 Å². The lowest BCUT2D eigenvalue weighted by molar-refractivity contribution is -0.132. The molecule has 1 aliphatic rings. The summed E-state index contributed by atoms with van der Waals surface area (Å²) in [5.41, 5.74) is 0.217. The van der Waals surface area contributed by atoms with Crippen molar-refractivity contribution in [2.45, 2.75) is 39.4 Å². The van der Waals surface area contributed by atoms with Crippen LogP contribution in [0.5, 0.6) is 11.5 Å². The van der Waals surface area contributed by atoms with Gasteiger partial charge in [-0.05, 0) is 44.9 Å². The first-order valence-corrected chi connectivity index (χ1v) is 7.47. The van der Waals surface area contributed by atoms with Crippen molar-refractivity contribution < 1.29 is 24.5 Å². The summed E-state index contributed by atoms with van der Waals surface area (Å²) in [5, 5.41) is 18.5. The van der Waals surface area contributed by atoms with Crippen LogP contribution in [0.4, 0.5) is 5.69 Å². The van der Waals surface area contributed by atoms with E-state index >= 15 is 0 Å². The number of carbonyl (C=O) groups is 1. The van der Waals surface area contributed by atoms with Crippen molar-refractivity contribution in [2.75, 3.05) is 24.7 Å². The van der Waals surface area contributed by atoms with Crippen molar-refractivity contribution in [3.8, 4) is 11.5 Å². The maximum absolute atomic E-state index is 12.6. The third kappa shape index (κ3) is 3.03. The summed E-state index contributed by atoms with van der Waals surface area (Å²) in [5.74, 6) is 0.839. The van der Waals surface area contributed by atoms with Gasteiger partial charge >= 0.3 is 0 Å². The van der Waals surface area contributed by atoms with Crippen molar-refractivity contribution in [1.29, 1.82) is 0 Å². The van der Waals surface area contributed by atoms with Gasteiger partial charge in [0.05, 0.1) is 18.9 Å². The minimum atomic E-state index is -1.00. The zero-order chi connectivity index (χ0) is 16.3. The molecule has 0 aliphatic carbocycles. The van der Waals surface area contributed by atoms with E-state index in [0.717, 1.165) is 0 Å². The maximum atomic E-state index is 12.6. The summed E-state index contributed by atoms with van der Waals surface area (Å²) >= 11 is 0. The molecule has 6 heteroatoms. The summed E-state index contributed by atoms with van der Waals surface area (Å²) in [6.45, 7) is 5.96. The molecule has 2 N–H and O–H groups in total. The van der Waals surface area contributed by atoms with Gasteiger partial charge in [-0.3, -0.25) is 4.79 Å². The van der Waals surface area contributed by atoms with Crippen molar-refractivity contribution in [3.63, 3.8) is 0 Å². The van der Waals surface area contributed by atoms with Gasteiger partial charge in [-0.15, -0.1) is 0 Å². The number of amides is 1. The summed E-state index contributed by atoms with van der Waals surface area (Å²) in [6.07, 6.45) is 0.467. The van der Waals surface area contributed by atoms with Crippen LogP contribution in [0.1, 0.15) is 32.8 Å². The molecule has 1 aliphatic heterocycles. The summed E-state index contributed by atoms with van der Waals surface area (Å²) in [4.78, 5) is 14.2. The minimum absolute atomic E-state index is 0.00158. The lowest BCUT2D eigenvalue weighted by atomic mass is 10.0. The van der Waals surface area contributed by atoms with Gasteiger partial charge in [0.2, 0.25) is 0 Å². The van der Waals surface area contributed by atoms with Crippen LogP contribution in [0.2, 0.25) is 0 Å². The molecule has 2 rings (SSSR count). The lowest BCUT2D eigenvalue weighted by Gasteiger charge is -2.39. The van der Waals surface area contributed by atoms with E-state index in [0.29, 0.717) is 42.3 Å². The Morgan fingerprint density at radius 2 is 2.05 bits per heavy atom. The summed E-state index contributed by atoms with van der Waals surface area (Å²) in [6, 6.07) is 3.45. The molecular weight excluding hydrogens is 286 g/mol. The Balaban J connectivity index is 2.55. The molecule has 0 aromatic heterocycles. The topological polar surface area (TPSA) is 79.2 Å². The fourth-order valence-electron chi connectivity index (χ4n) is 2.48. The predicted octanol–water partition coefficient (Wildman–Crippen LogP) is 1.46. The number of anilines is 1. The molecule has 1 aromatic rings. The first-order chi connectivity index (χ1) is 10.4. The smallest absolute Gasteiger partial charge is 0.270 e. The van der Waals surface area contributed by atoms with Gasteiger partial charge in [0, 0.05) is 13.2 Å². The monoisotopic (exact) mass is 309 g/mol. The van der Waals surface area contributed by atoms with E-state index in [-0.39, 0.29) is 19.1 Å². The maximum Gasteiger partial charge on any atom is 0.270 e. The highest BCUT2D eigenvalue weighted by Gasteiger charge is 2.42. The molecule has 1 amide bonds. The number of hydrogen-bond acceptors (Lipinski definition) is 5. The Morgan fingerprint density at radius 3 is 2.64 bits per heavy atom. The molecule has 0 fully saturated rings. The zero-order valence-corrected chi connectivity index (χ0v) is 13.3. The van der Waals surface area contributed by atoms with E-state index in [1.165, 1.54) is 0 Å². The van der Waals surface area contributed by atoms with Crippen molar-refractivity contribution in [2.24, 2.45) is 0 Å². The normalized spacial score (nSPS) is 16.2. The number of fused-ring (bicyclic) bond motifs is 1. The molecule has 0 saturated carbocycles. The Kier molecular flexibility index (Phi) is 4.93. The van der Waals surface area contributed by atoms with E-state index in [4.69, 9.17) is 14.6 Å².